The van der Waals surface area contributed by atoms with Crippen molar-refractivity contribution in [2.45, 2.75) is 25.8 Å². The number of piperidine rings is 1. The van der Waals surface area contributed by atoms with Crippen LogP contribution in [-0.4, -0.2) is 86.6 Å². The van der Waals surface area contributed by atoms with Crippen LogP contribution in [0, 0.1) is 24.7 Å². The second-order valence-electron chi connectivity index (χ2n) is 8.67. The largest absolute Gasteiger partial charge is 0.400 e. The number of rotatable bonds is 3. The third-order valence-corrected chi connectivity index (χ3v) is 5.92. The van der Waals surface area contributed by atoms with Crippen molar-refractivity contribution in [3.8, 4) is 24.7 Å². The van der Waals surface area contributed by atoms with Crippen LogP contribution in [0.2, 0.25) is 0 Å². The molecule has 35 heavy (non-hydrogen) atoms. The van der Waals surface area contributed by atoms with Gasteiger partial charge in [0.1, 0.15) is 6.29 Å². The van der Waals surface area contributed by atoms with E-state index in [1.165, 1.54) is 51.0 Å². The highest BCUT2D eigenvalue weighted by Gasteiger charge is 2.13. The fourth-order valence-corrected chi connectivity index (χ4v) is 3.68. The molecule has 1 N–H and O–H groups in total. The Hall–Kier alpha value is -2.93. The maximum Gasteiger partial charge on any atom is 0.150 e. The lowest BCUT2D eigenvalue weighted by Crippen LogP contribution is -2.43. The zero-order valence-electron chi connectivity index (χ0n) is 21.6. The van der Waals surface area contributed by atoms with Crippen LogP contribution in [0.4, 0.5) is 0 Å². The molecule has 0 bridgehead atoms. The molecule has 0 radical (unpaired) electrons. The number of terminal acetylenes is 2. The van der Waals surface area contributed by atoms with E-state index in [2.05, 4.69) is 52.8 Å². The van der Waals surface area contributed by atoms with Gasteiger partial charge in [-0.05, 0) is 69.9 Å². The Labute approximate surface area is 212 Å². The number of aliphatic hydroxyl groups excluding tert-OH is 1. The summed E-state index contributed by atoms with van der Waals surface area (Å²) in [5.41, 5.74) is 3.76. The van der Waals surface area contributed by atoms with Gasteiger partial charge in [0.05, 0.1) is 0 Å². The molecule has 2 saturated heterocycles. The first-order chi connectivity index (χ1) is 17.0. The Balaban J connectivity index is 0.000000276. The average molecular weight is 476 g/mol. The van der Waals surface area contributed by atoms with Crippen LogP contribution in [-0.2, 0) is 6.54 Å². The van der Waals surface area contributed by atoms with Crippen molar-refractivity contribution in [1.82, 2.24) is 14.7 Å². The number of piperazine rings is 1. The Bertz CT molecular complexity index is 897. The molecule has 2 aromatic rings. The van der Waals surface area contributed by atoms with E-state index >= 15 is 0 Å². The first kappa shape index (κ1) is 30.1. The predicted octanol–water partition coefficient (Wildman–Crippen LogP) is 3.61. The van der Waals surface area contributed by atoms with E-state index in [1.54, 1.807) is 24.3 Å². The molecule has 0 spiro atoms. The van der Waals surface area contributed by atoms with Crippen LogP contribution in [0.5, 0.6) is 0 Å². The fourth-order valence-electron chi connectivity index (χ4n) is 3.68. The molecule has 2 aromatic carbocycles. The maximum atomic E-state index is 10.2. The number of aldehydes is 1. The standard InChI is InChI=1S/C14H18N2.C9H6O.C6H13N.CH4O/c1-3-13-4-6-14(7-5-13)12-16-10-8-15(2)9-11-16;1-2-8-3-5-9(7-10)6-4-8;1-7-5-3-2-4-6-7;1-2/h1,4-7H,8-12H2,2H3;1,3-7H;2-6H2,1H3;2H,1H3. The molecule has 2 aliphatic rings. The molecule has 2 fully saturated rings. The van der Waals surface area contributed by atoms with E-state index in [4.69, 9.17) is 18.0 Å². The zero-order chi connectivity index (χ0) is 25.9. The minimum absolute atomic E-state index is 0.652. The number of nitrogens with zero attached hydrogens (tertiary/aromatic N) is 3. The number of likely N-dealkylation sites (N-methyl/N-ethyl adjacent to an activating group) is 1. The van der Waals surface area contributed by atoms with Gasteiger partial charge in [0.15, 0.2) is 0 Å². The van der Waals surface area contributed by atoms with Crippen molar-refractivity contribution in [2.75, 3.05) is 60.5 Å². The Morgan fingerprint density at radius 3 is 1.60 bits per heavy atom. The molecule has 0 atom stereocenters. The van der Waals surface area contributed by atoms with Crippen molar-refractivity contribution >= 4 is 6.29 Å². The van der Waals surface area contributed by atoms with Crippen LogP contribution in [0.3, 0.4) is 0 Å². The number of aliphatic hydroxyl groups is 1. The smallest absolute Gasteiger partial charge is 0.150 e. The number of carbonyl (C=O) groups is 1. The van der Waals surface area contributed by atoms with E-state index in [0.29, 0.717) is 5.56 Å². The van der Waals surface area contributed by atoms with Gasteiger partial charge in [-0.25, -0.2) is 0 Å². The first-order valence-electron chi connectivity index (χ1n) is 12.2. The summed E-state index contributed by atoms with van der Waals surface area (Å²) in [5, 5.41) is 7.00. The molecule has 2 aliphatic heterocycles. The van der Waals surface area contributed by atoms with Crippen molar-refractivity contribution in [3.63, 3.8) is 0 Å². The minimum Gasteiger partial charge on any atom is -0.400 e. The Kier molecular flexibility index (Phi) is 15.8. The van der Waals surface area contributed by atoms with Gasteiger partial charge in [-0.2, -0.15) is 0 Å². The summed E-state index contributed by atoms with van der Waals surface area (Å²) in [6, 6.07) is 15.2. The van der Waals surface area contributed by atoms with Gasteiger partial charge in [0.25, 0.3) is 0 Å². The van der Waals surface area contributed by atoms with Gasteiger partial charge in [-0.1, -0.05) is 42.5 Å². The van der Waals surface area contributed by atoms with Crippen LogP contribution >= 0.6 is 0 Å². The van der Waals surface area contributed by atoms with Gasteiger partial charge >= 0.3 is 0 Å². The van der Waals surface area contributed by atoms with Crippen LogP contribution in [0.15, 0.2) is 48.5 Å². The van der Waals surface area contributed by atoms with Gasteiger partial charge in [0.2, 0.25) is 0 Å². The normalized spacial score (nSPS) is 15.9. The van der Waals surface area contributed by atoms with Crippen LogP contribution in [0.1, 0.15) is 46.3 Å². The van der Waals surface area contributed by atoms with Gasteiger partial charge < -0.3 is 14.9 Å². The molecule has 0 saturated carbocycles. The molecule has 0 amide bonds. The lowest BCUT2D eigenvalue weighted by molar-refractivity contribution is 0.112. The number of hydrogen-bond acceptors (Lipinski definition) is 5. The van der Waals surface area contributed by atoms with Crippen molar-refractivity contribution in [2.24, 2.45) is 0 Å². The number of likely N-dealkylation sites (tertiary alicyclic amines) is 1. The molecule has 5 heteroatoms. The molecule has 2 heterocycles. The summed E-state index contributed by atoms with van der Waals surface area (Å²) in [6.07, 6.45) is 15.5. The molecule has 4 rings (SSSR count). The topological polar surface area (TPSA) is 47.0 Å². The predicted molar refractivity (Wildman–Crippen MR) is 146 cm³/mol. The quantitative estimate of drug-likeness (QED) is 0.543. The van der Waals surface area contributed by atoms with Crippen LogP contribution in [0.25, 0.3) is 0 Å². The highest BCUT2D eigenvalue weighted by molar-refractivity contribution is 5.74. The summed E-state index contributed by atoms with van der Waals surface area (Å²) >= 11 is 0. The summed E-state index contributed by atoms with van der Waals surface area (Å²) in [4.78, 5) is 17.4. The molecule has 0 unspecified atom stereocenters. The van der Waals surface area contributed by atoms with Crippen molar-refractivity contribution < 1.29 is 9.90 Å². The summed E-state index contributed by atoms with van der Waals surface area (Å²) in [6.45, 7) is 8.34. The zero-order valence-corrected chi connectivity index (χ0v) is 21.6. The molecular formula is C30H41N3O2. The fraction of sp³-hybridized carbons (Fsp3) is 0.433. The lowest BCUT2D eigenvalue weighted by atomic mass is 10.1. The summed E-state index contributed by atoms with van der Waals surface area (Å²) in [5.74, 6) is 5.11. The second kappa shape index (κ2) is 18.4. The monoisotopic (exact) mass is 475 g/mol. The minimum atomic E-state index is 0.652. The summed E-state index contributed by atoms with van der Waals surface area (Å²) < 4.78 is 0. The molecule has 0 aromatic heterocycles. The van der Waals surface area contributed by atoms with E-state index in [0.717, 1.165) is 44.2 Å². The molecule has 5 nitrogen and oxygen atoms in total. The second-order valence-corrected chi connectivity index (χ2v) is 8.67. The van der Waals surface area contributed by atoms with E-state index in [-0.39, 0.29) is 0 Å². The van der Waals surface area contributed by atoms with Crippen molar-refractivity contribution in [3.05, 3.63) is 70.8 Å². The Morgan fingerprint density at radius 2 is 1.20 bits per heavy atom. The van der Waals surface area contributed by atoms with E-state index in [9.17, 15) is 4.79 Å². The lowest BCUT2D eigenvalue weighted by Gasteiger charge is -2.32. The van der Waals surface area contributed by atoms with Crippen molar-refractivity contribution in [1.29, 1.82) is 0 Å². The number of benzene rings is 2. The Morgan fingerprint density at radius 1 is 0.743 bits per heavy atom. The molecular weight excluding hydrogens is 434 g/mol. The highest BCUT2D eigenvalue weighted by Crippen LogP contribution is 2.09. The number of carbonyl (C=O) groups excluding carboxylic acids is 1. The van der Waals surface area contributed by atoms with E-state index in [1.807, 2.05) is 12.1 Å². The van der Waals surface area contributed by atoms with Gasteiger partial charge in [-0.15, -0.1) is 12.8 Å². The third-order valence-electron chi connectivity index (χ3n) is 5.92. The molecule has 188 valence electrons. The summed E-state index contributed by atoms with van der Waals surface area (Å²) in [7, 11) is 5.37. The third kappa shape index (κ3) is 12.9. The molecule has 0 aliphatic carbocycles. The SMILES string of the molecule is C#Cc1ccc(C=O)cc1.C#Cc1ccc(CN2CCN(C)CC2)cc1.CN1CCCCC1.CO. The maximum absolute atomic E-state index is 10.2. The van der Waals surface area contributed by atoms with E-state index < -0.39 is 0 Å². The highest BCUT2D eigenvalue weighted by atomic mass is 16.2. The van der Waals surface area contributed by atoms with Gasteiger partial charge in [0, 0.05) is 56.5 Å². The van der Waals surface area contributed by atoms with Crippen LogP contribution < -0.4 is 0 Å². The number of hydrogen-bond donors (Lipinski definition) is 1. The first-order valence-corrected chi connectivity index (χ1v) is 12.2. The van der Waals surface area contributed by atoms with Gasteiger partial charge in [-0.3, -0.25) is 9.69 Å². The average Bonchev–Trinajstić information content (AvgIpc) is 2.93.